The van der Waals surface area contributed by atoms with Crippen LogP contribution < -0.4 is 0 Å². The molecule has 2 atom stereocenters. The Hall–Kier alpha value is -2.21. The highest BCUT2D eigenvalue weighted by Crippen LogP contribution is 2.11. The molecular weight excluding hydrogens is 301 g/mol. The Kier molecular flexibility index (Phi) is 5.87. The number of benzene rings is 1. The lowest BCUT2D eigenvalue weighted by Crippen LogP contribution is -2.49. The molecule has 6 heteroatoms. The molecule has 0 aliphatic carbocycles. The Morgan fingerprint density at radius 1 is 1.35 bits per heavy atom. The van der Waals surface area contributed by atoms with Gasteiger partial charge in [-0.15, -0.1) is 0 Å². The van der Waals surface area contributed by atoms with Crippen LogP contribution in [0.3, 0.4) is 0 Å². The summed E-state index contributed by atoms with van der Waals surface area (Å²) in [5.41, 5.74) is 0.545. The predicted molar refractivity (Wildman–Crippen MR) is 83.0 cm³/mol. The second kappa shape index (κ2) is 7.87. The summed E-state index contributed by atoms with van der Waals surface area (Å²) in [6, 6.07) is 5.82. The van der Waals surface area contributed by atoms with Crippen molar-refractivity contribution in [3.8, 4) is 0 Å². The largest absolute Gasteiger partial charge is 0.452 e. The van der Waals surface area contributed by atoms with Crippen LogP contribution in [-0.2, 0) is 19.1 Å². The minimum Gasteiger partial charge on any atom is -0.452 e. The average Bonchev–Trinajstić information content (AvgIpc) is 2.49. The number of hydrogen-bond donors (Lipinski definition) is 0. The number of carbonyl (C=O) groups excluding carboxylic acids is 2. The van der Waals surface area contributed by atoms with Gasteiger partial charge in [0.25, 0.3) is 5.91 Å². The number of rotatable bonds is 4. The van der Waals surface area contributed by atoms with E-state index in [1.54, 1.807) is 17.0 Å². The van der Waals surface area contributed by atoms with E-state index in [0.29, 0.717) is 18.7 Å². The quantitative estimate of drug-likeness (QED) is 0.629. The first-order chi connectivity index (χ1) is 10.9. The molecular formula is C17H20FNO4. The lowest BCUT2D eigenvalue weighted by atomic mass is 10.2. The molecule has 1 fully saturated rings. The Balaban J connectivity index is 1.80. The summed E-state index contributed by atoms with van der Waals surface area (Å²) < 4.78 is 23.5. The van der Waals surface area contributed by atoms with Gasteiger partial charge in [0.2, 0.25) is 0 Å². The first-order valence-electron chi connectivity index (χ1n) is 7.47. The molecule has 0 N–H and O–H groups in total. The molecule has 0 spiro atoms. The van der Waals surface area contributed by atoms with E-state index in [2.05, 4.69) is 0 Å². The van der Waals surface area contributed by atoms with Gasteiger partial charge in [-0.25, -0.2) is 9.18 Å². The zero-order chi connectivity index (χ0) is 16.8. The number of halogens is 1. The fourth-order valence-electron chi connectivity index (χ4n) is 2.43. The van der Waals surface area contributed by atoms with Gasteiger partial charge >= 0.3 is 5.97 Å². The van der Waals surface area contributed by atoms with Crippen molar-refractivity contribution in [3.63, 3.8) is 0 Å². The van der Waals surface area contributed by atoms with Gasteiger partial charge in [0, 0.05) is 19.2 Å². The first kappa shape index (κ1) is 17.1. The number of hydrogen-bond acceptors (Lipinski definition) is 4. The molecule has 0 saturated carbocycles. The van der Waals surface area contributed by atoms with Crippen LogP contribution in [0.25, 0.3) is 6.08 Å². The standard InChI is InChI=1S/C17H20FNO4/c1-12-9-19(10-13(2)23-12)16(20)11-22-17(21)7-6-14-4-3-5-15(18)8-14/h3-8,12-13H,9-11H2,1-2H3. The smallest absolute Gasteiger partial charge is 0.331 e. The van der Waals surface area contributed by atoms with Crippen LogP contribution in [-0.4, -0.2) is 48.7 Å². The lowest BCUT2D eigenvalue weighted by molar-refractivity contribution is -0.154. The van der Waals surface area contributed by atoms with Gasteiger partial charge in [0.05, 0.1) is 12.2 Å². The van der Waals surface area contributed by atoms with Crippen LogP contribution in [0.15, 0.2) is 30.3 Å². The second-order valence-corrected chi connectivity index (χ2v) is 5.55. The highest BCUT2D eigenvalue weighted by molar-refractivity contribution is 5.89. The van der Waals surface area contributed by atoms with Gasteiger partial charge in [-0.1, -0.05) is 12.1 Å². The second-order valence-electron chi connectivity index (χ2n) is 5.55. The Bertz CT molecular complexity index is 592. The van der Waals surface area contributed by atoms with E-state index in [1.165, 1.54) is 24.3 Å². The van der Waals surface area contributed by atoms with Crippen molar-refractivity contribution >= 4 is 18.0 Å². The van der Waals surface area contributed by atoms with Gasteiger partial charge in [-0.2, -0.15) is 0 Å². The van der Waals surface area contributed by atoms with E-state index in [-0.39, 0.29) is 30.5 Å². The Morgan fingerprint density at radius 3 is 2.70 bits per heavy atom. The van der Waals surface area contributed by atoms with Gasteiger partial charge in [0.15, 0.2) is 6.61 Å². The summed E-state index contributed by atoms with van der Waals surface area (Å²) in [6.07, 6.45) is 2.54. The zero-order valence-electron chi connectivity index (χ0n) is 13.2. The van der Waals surface area contributed by atoms with Crippen molar-refractivity contribution in [2.45, 2.75) is 26.1 Å². The first-order valence-corrected chi connectivity index (χ1v) is 7.47. The highest BCUT2D eigenvalue weighted by Gasteiger charge is 2.26. The van der Waals surface area contributed by atoms with Crippen molar-refractivity contribution in [2.75, 3.05) is 19.7 Å². The lowest BCUT2D eigenvalue weighted by Gasteiger charge is -2.35. The molecule has 1 aromatic carbocycles. The van der Waals surface area contributed by atoms with E-state index in [4.69, 9.17) is 9.47 Å². The molecule has 1 heterocycles. The minimum atomic E-state index is -0.642. The van der Waals surface area contributed by atoms with Crippen LogP contribution in [0.1, 0.15) is 19.4 Å². The Labute approximate surface area is 134 Å². The molecule has 1 aromatic rings. The third-order valence-corrected chi connectivity index (χ3v) is 3.37. The van der Waals surface area contributed by atoms with E-state index in [1.807, 2.05) is 13.8 Å². The van der Waals surface area contributed by atoms with Crippen LogP contribution in [0.2, 0.25) is 0 Å². The summed E-state index contributed by atoms with van der Waals surface area (Å²) in [6.45, 7) is 4.44. The van der Waals surface area contributed by atoms with Crippen molar-refractivity contribution in [2.24, 2.45) is 0 Å². The summed E-state index contributed by atoms with van der Waals surface area (Å²) in [5.74, 6) is -1.28. The van der Waals surface area contributed by atoms with E-state index in [0.717, 1.165) is 0 Å². The molecule has 1 saturated heterocycles. The average molecular weight is 321 g/mol. The molecule has 1 amide bonds. The third kappa shape index (κ3) is 5.49. The molecule has 5 nitrogen and oxygen atoms in total. The molecule has 2 unspecified atom stereocenters. The fourth-order valence-corrected chi connectivity index (χ4v) is 2.43. The number of ether oxygens (including phenoxy) is 2. The summed E-state index contributed by atoms with van der Waals surface area (Å²) in [5, 5.41) is 0. The number of amides is 1. The van der Waals surface area contributed by atoms with Gasteiger partial charge in [-0.3, -0.25) is 4.79 Å². The molecule has 0 radical (unpaired) electrons. The van der Waals surface area contributed by atoms with E-state index in [9.17, 15) is 14.0 Å². The topological polar surface area (TPSA) is 55.8 Å². The van der Waals surface area contributed by atoms with Crippen LogP contribution in [0.4, 0.5) is 4.39 Å². The summed E-state index contributed by atoms with van der Waals surface area (Å²) in [4.78, 5) is 25.3. The minimum absolute atomic E-state index is 0.0359. The number of morpholine rings is 1. The number of carbonyl (C=O) groups is 2. The van der Waals surface area contributed by atoms with Crippen LogP contribution in [0, 0.1) is 5.82 Å². The summed E-state index contributed by atoms with van der Waals surface area (Å²) in [7, 11) is 0. The summed E-state index contributed by atoms with van der Waals surface area (Å²) >= 11 is 0. The maximum absolute atomic E-state index is 13.0. The molecule has 0 aromatic heterocycles. The normalized spacial score (nSPS) is 21.4. The number of esters is 1. The maximum atomic E-state index is 13.0. The molecule has 2 rings (SSSR count). The predicted octanol–water partition coefficient (Wildman–Crippen LogP) is 2.02. The highest BCUT2D eigenvalue weighted by atomic mass is 19.1. The molecule has 124 valence electrons. The number of nitrogens with zero attached hydrogens (tertiary/aromatic N) is 1. The van der Waals surface area contributed by atoms with Gasteiger partial charge in [-0.05, 0) is 37.6 Å². The van der Waals surface area contributed by atoms with Crippen molar-refractivity contribution in [1.82, 2.24) is 4.90 Å². The molecule has 1 aliphatic rings. The van der Waals surface area contributed by atoms with E-state index < -0.39 is 5.97 Å². The third-order valence-electron chi connectivity index (χ3n) is 3.37. The van der Waals surface area contributed by atoms with E-state index >= 15 is 0 Å². The van der Waals surface area contributed by atoms with Crippen LogP contribution >= 0.6 is 0 Å². The van der Waals surface area contributed by atoms with Crippen molar-refractivity contribution in [3.05, 3.63) is 41.7 Å². The molecule has 23 heavy (non-hydrogen) atoms. The fraction of sp³-hybridized carbons (Fsp3) is 0.412. The van der Waals surface area contributed by atoms with Crippen LogP contribution in [0.5, 0.6) is 0 Å². The zero-order valence-corrected chi connectivity index (χ0v) is 13.2. The van der Waals surface area contributed by atoms with Crippen molar-refractivity contribution < 1.29 is 23.5 Å². The maximum Gasteiger partial charge on any atom is 0.331 e. The van der Waals surface area contributed by atoms with Crippen molar-refractivity contribution in [1.29, 1.82) is 0 Å². The monoisotopic (exact) mass is 321 g/mol. The van der Waals surface area contributed by atoms with Gasteiger partial charge < -0.3 is 14.4 Å². The SMILES string of the molecule is CC1CN(C(=O)COC(=O)C=Cc2cccc(F)c2)CC(C)O1. The van der Waals surface area contributed by atoms with Gasteiger partial charge in [0.1, 0.15) is 5.82 Å². The Morgan fingerprint density at radius 2 is 2.04 bits per heavy atom. The molecule has 1 aliphatic heterocycles. The molecule has 0 bridgehead atoms.